The van der Waals surface area contributed by atoms with E-state index < -0.39 is 17.1 Å². The summed E-state index contributed by atoms with van der Waals surface area (Å²) in [5, 5.41) is 2.20. The van der Waals surface area contributed by atoms with E-state index >= 15 is 0 Å². The van der Waals surface area contributed by atoms with Crippen LogP contribution in [0.4, 0.5) is 10.5 Å². The number of carbonyl (C=O) groups excluding carboxylic acids is 3. The third-order valence-electron chi connectivity index (χ3n) is 4.81. The highest BCUT2D eigenvalue weighted by Gasteiger charge is 2.36. The van der Waals surface area contributed by atoms with E-state index in [2.05, 4.69) is 5.32 Å². The molecule has 0 radical (unpaired) electrons. The number of anilines is 1. The molecule has 2 aromatic carbocycles. The van der Waals surface area contributed by atoms with Gasteiger partial charge in [-0.05, 0) is 59.7 Å². The van der Waals surface area contributed by atoms with Crippen LogP contribution in [0.3, 0.4) is 0 Å². The zero-order valence-corrected chi connectivity index (χ0v) is 19.1. The van der Waals surface area contributed by atoms with Crippen LogP contribution >= 0.6 is 11.8 Å². The molecule has 9 heteroatoms. The Morgan fingerprint density at radius 1 is 1.03 bits per heavy atom. The first-order valence-electron chi connectivity index (χ1n) is 9.84. The Bertz CT molecular complexity index is 1040. The van der Waals surface area contributed by atoms with Crippen LogP contribution in [0.1, 0.15) is 18.1 Å². The minimum absolute atomic E-state index is 0.198. The Morgan fingerprint density at radius 3 is 2.19 bits per heavy atom. The molecule has 1 aliphatic heterocycles. The van der Waals surface area contributed by atoms with Gasteiger partial charge in [0.05, 0.1) is 26.2 Å². The maximum absolute atomic E-state index is 12.8. The van der Waals surface area contributed by atoms with Gasteiger partial charge in [-0.1, -0.05) is 19.1 Å². The predicted octanol–water partition coefficient (Wildman–Crippen LogP) is 3.95. The van der Waals surface area contributed by atoms with Crippen molar-refractivity contribution in [2.45, 2.75) is 13.3 Å². The van der Waals surface area contributed by atoms with Gasteiger partial charge in [0.1, 0.15) is 6.54 Å². The second-order valence-electron chi connectivity index (χ2n) is 6.83. The molecule has 0 unspecified atom stereocenters. The van der Waals surface area contributed by atoms with E-state index in [1.807, 2.05) is 19.1 Å². The first-order valence-corrected chi connectivity index (χ1v) is 10.7. The number of aryl methyl sites for hydroxylation is 1. The number of thioether (sulfide) groups is 1. The number of methoxy groups -OCH3 is 3. The Balaban J connectivity index is 1.75. The molecule has 0 aromatic heterocycles. The van der Waals surface area contributed by atoms with E-state index in [1.165, 1.54) is 21.3 Å². The summed E-state index contributed by atoms with van der Waals surface area (Å²) in [5.74, 6) is 0.274. The van der Waals surface area contributed by atoms with Gasteiger partial charge in [0, 0.05) is 5.69 Å². The average molecular weight is 457 g/mol. The molecule has 1 heterocycles. The molecule has 0 atom stereocenters. The summed E-state index contributed by atoms with van der Waals surface area (Å²) in [6.07, 6.45) is 2.44. The molecule has 0 spiro atoms. The Morgan fingerprint density at radius 2 is 1.66 bits per heavy atom. The predicted molar refractivity (Wildman–Crippen MR) is 123 cm³/mol. The molecule has 8 nitrogen and oxygen atoms in total. The number of hydrogen-bond acceptors (Lipinski definition) is 7. The number of hydrogen-bond donors (Lipinski definition) is 1. The summed E-state index contributed by atoms with van der Waals surface area (Å²) in [4.78, 5) is 38.7. The van der Waals surface area contributed by atoms with E-state index in [4.69, 9.17) is 14.2 Å². The van der Waals surface area contributed by atoms with Crippen LogP contribution in [0.15, 0.2) is 41.3 Å². The lowest BCUT2D eigenvalue weighted by Crippen LogP contribution is -2.36. The maximum atomic E-state index is 12.8. The lowest BCUT2D eigenvalue weighted by Gasteiger charge is -2.13. The van der Waals surface area contributed by atoms with Crippen molar-refractivity contribution in [2.24, 2.45) is 0 Å². The number of ether oxygens (including phenoxy) is 3. The third kappa shape index (κ3) is 5.05. The summed E-state index contributed by atoms with van der Waals surface area (Å²) in [7, 11) is 4.47. The highest BCUT2D eigenvalue weighted by atomic mass is 32.2. The monoisotopic (exact) mass is 456 g/mol. The maximum Gasteiger partial charge on any atom is 0.294 e. The van der Waals surface area contributed by atoms with Gasteiger partial charge in [-0.3, -0.25) is 19.3 Å². The van der Waals surface area contributed by atoms with Crippen LogP contribution < -0.4 is 19.5 Å². The van der Waals surface area contributed by atoms with E-state index in [0.29, 0.717) is 28.5 Å². The zero-order valence-electron chi connectivity index (χ0n) is 18.3. The molecule has 1 N–H and O–H groups in total. The summed E-state index contributed by atoms with van der Waals surface area (Å²) >= 11 is 0.772. The molecule has 1 fully saturated rings. The molecule has 2 aromatic rings. The third-order valence-corrected chi connectivity index (χ3v) is 5.71. The van der Waals surface area contributed by atoms with Crippen molar-refractivity contribution < 1.29 is 28.6 Å². The molecular formula is C23H24N2O6S. The molecule has 3 rings (SSSR count). The van der Waals surface area contributed by atoms with Crippen LogP contribution in [-0.2, 0) is 16.0 Å². The van der Waals surface area contributed by atoms with Gasteiger partial charge < -0.3 is 19.5 Å². The lowest BCUT2D eigenvalue weighted by atomic mass is 10.1. The van der Waals surface area contributed by atoms with Gasteiger partial charge in [-0.2, -0.15) is 0 Å². The minimum atomic E-state index is -0.537. The smallest absolute Gasteiger partial charge is 0.294 e. The van der Waals surface area contributed by atoms with Crippen molar-refractivity contribution in [3.05, 3.63) is 52.4 Å². The minimum Gasteiger partial charge on any atom is -0.493 e. The van der Waals surface area contributed by atoms with Gasteiger partial charge in [-0.15, -0.1) is 0 Å². The Kier molecular flexibility index (Phi) is 7.42. The fourth-order valence-electron chi connectivity index (χ4n) is 3.14. The largest absolute Gasteiger partial charge is 0.493 e. The number of nitrogens with zero attached hydrogens (tertiary/aromatic N) is 1. The van der Waals surface area contributed by atoms with Gasteiger partial charge in [0.2, 0.25) is 11.7 Å². The second kappa shape index (κ2) is 10.2. The highest BCUT2D eigenvalue weighted by molar-refractivity contribution is 8.18. The van der Waals surface area contributed by atoms with Gasteiger partial charge in [0.15, 0.2) is 11.5 Å². The topological polar surface area (TPSA) is 94.2 Å². The summed E-state index contributed by atoms with van der Waals surface area (Å²) in [5.41, 5.74) is 2.34. The van der Waals surface area contributed by atoms with Crippen molar-refractivity contribution in [1.82, 2.24) is 4.90 Å². The van der Waals surface area contributed by atoms with Crippen molar-refractivity contribution >= 4 is 40.6 Å². The second-order valence-corrected chi connectivity index (χ2v) is 7.82. The average Bonchev–Trinajstić information content (AvgIpc) is 3.05. The summed E-state index contributed by atoms with van der Waals surface area (Å²) in [6, 6.07) is 10.7. The normalized spacial score (nSPS) is 14.6. The zero-order chi connectivity index (χ0) is 23.3. The molecule has 3 amide bonds. The van der Waals surface area contributed by atoms with Crippen LogP contribution in [0.2, 0.25) is 0 Å². The number of rotatable bonds is 8. The Hall–Kier alpha value is -3.46. The fraction of sp³-hybridized carbons (Fsp3) is 0.261. The molecule has 1 aliphatic rings. The van der Waals surface area contributed by atoms with E-state index in [9.17, 15) is 14.4 Å². The van der Waals surface area contributed by atoms with Gasteiger partial charge in [-0.25, -0.2) is 0 Å². The number of nitrogens with one attached hydrogen (secondary N) is 1. The number of amides is 3. The van der Waals surface area contributed by atoms with Crippen LogP contribution in [0, 0.1) is 0 Å². The molecule has 32 heavy (non-hydrogen) atoms. The van der Waals surface area contributed by atoms with E-state index in [0.717, 1.165) is 28.6 Å². The van der Waals surface area contributed by atoms with Gasteiger partial charge >= 0.3 is 0 Å². The molecule has 0 aliphatic carbocycles. The first kappa shape index (κ1) is 23.2. The number of imide groups is 1. The summed E-state index contributed by atoms with van der Waals surface area (Å²) < 4.78 is 15.9. The van der Waals surface area contributed by atoms with Crippen molar-refractivity contribution in [1.29, 1.82) is 0 Å². The molecule has 1 saturated heterocycles. The standard InChI is InChI=1S/C23H24N2O6S/c1-5-14-6-8-16(9-7-14)24-20(26)13-25-22(27)19(32-23(25)28)12-15-10-17(29-2)21(31-4)18(11-15)30-3/h6-12H,5,13H2,1-4H3,(H,24,26)/b19-12+. The van der Waals surface area contributed by atoms with E-state index in [1.54, 1.807) is 30.3 Å². The van der Waals surface area contributed by atoms with Gasteiger partial charge in [0.25, 0.3) is 11.1 Å². The Labute approximate surface area is 190 Å². The van der Waals surface area contributed by atoms with Crippen molar-refractivity contribution in [3.8, 4) is 17.2 Å². The van der Waals surface area contributed by atoms with E-state index in [-0.39, 0.29) is 11.4 Å². The SMILES string of the molecule is CCc1ccc(NC(=O)CN2C(=O)S/C(=C/c3cc(OC)c(OC)c(OC)c3)C2=O)cc1. The number of benzene rings is 2. The van der Waals surface area contributed by atoms with Crippen LogP contribution in [0.5, 0.6) is 17.2 Å². The fourth-order valence-corrected chi connectivity index (χ4v) is 3.98. The first-order chi connectivity index (χ1) is 15.4. The molecule has 0 bridgehead atoms. The molecular weight excluding hydrogens is 432 g/mol. The molecule has 168 valence electrons. The summed E-state index contributed by atoms with van der Waals surface area (Å²) in [6.45, 7) is 1.67. The molecule has 0 saturated carbocycles. The van der Waals surface area contributed by atoms with Crippen LogP contribution in [0.25, 0.3) is 6.08 Å². The lowest BCUT2D eigenvalue weighted by molar-refractivity contribution is -0.127. The van der Waals surface area contributed by atoms with Crippen LogP contribution in [-0.4, -0.2) is 49.8 Å². The quantitative estimate of drug-likeness (QED) is 0.601. The number of carbonyl (C=O) groups is 3. The van der Waals surface area contributed by atoms with Crippen molar-refractivity contribution in [2.75, 3.05) is 33.2 Å². The van der Waals surface area contributed by atoms with Crippen molar-refractivity contribution in [3.63, 3.8) is 0 Å². The highest BCUT2D eigenvalue weighted by Crippen LogP contribution is 2.40.